The molecule has 0 aliphatic carbocycles. The van der Waals surface area contributed by atoms with Crippen molar-refractivity contribution >= 4 is 23.6 Å². The second kappa shape index (κ2) is 6.77. The van der Waals surface area contributed by atoms with Gasteiger partial charge in [-0.3, -0.25) is 14.5 Å². The number of nitro groups is 1. The third kappa shape index (κ3) is 3.13. The lowest BCUT2D eigenvalue weighted by molar-refractivity contribution is -0.384. The third-order valence-corrected chi connectivity index (χ3v) is 4.88. The van der Waals surface area contributed by atoms with Crippen LogP contribution < -0.4 is 0 Å². The summed E-state index contributed by atoms with van der Waals surface area (Å²) in [5.41, 5.74) is 5.78. The zero-order chi connectivity index (χ0) is 19.0. The monoisotopic (exact) mass is 376 g/mol. The van der Waals surface area contributed by atoms with Crippen molar-refractivity contribution in [1.82, 2.24) is 14.4 Å². The van der Waals surface area contributed by atoms with E-state index in [2.05, 4.69) is 41.2 Å². The molecule has 0 unspecified atom stereocenters. The van der Waals surface area contributed by atoms with Crippen LogP contribution in [0.1, 0.15) is 12.5 Å². The summed E-state index contributed by atoms with van der Waals surface area (Å²) < 4.78 is 2.28. The van der Waals surface area contributed by atoms with E-state index in [1.807, 2.05) is 10.6 Å². The van der Waals surface area contributed by atoms with E-state index in [4.69, 9.17) is 12.2 Å². The number of hydrogen-bond acceptors (Lipinski definition) is 4. The maximum Gasteiger partial charge on any atom is 0.269 e. The fourth-order valence-corrected chi connectivity index (χ4v) is 3.24. The highest BCUT2D eigenvalue weighted by molar-refractivity contribution is 7.71. The van der Waals surface area contributed by atoms with Gasteiger partial charge in [-0.25, -0.2) is 4.98 Å². The summed E-state index contributed by atoms with van der Waals surface area (Å²) in [6.07, 6.45) is 4.62. The van der Waals surface area contributed by atoms with Crippen molar-refractivity contribution in [1.29, 1.82) is 0 Å². The zero-order valence-corrected chi connectivity index (χ0v) is 15.4. The van der Waals surface area contributed by atoms with E-state index in [0.29, 0.717) is 4.77 Å². The molecule has 0 aliphatic rings. The maximum atomic E-state index is 10.9. The lowest BCUT2D eigenvalue weighted by Crippen LogP contribution is -1.93. The van der Waals surface area contributed by atoms with Crippen LogP contribution in [0.3, 0.4) is 0 Å². The van der Waals surface area contributed by atoms with E-state index in [1.54, 1.807) is 18.3 Å². The maximum absolute atomic E-state index is 10.9. The molecule has 0 saturated carbocycles. The molecule has 0 bridgehead atoms. The average Bonchev–Trinajstić information content (AvgIpc) is 3.15. The van der Waals surface area contributed by atoms with Gasteiger partial charge < -0.3 is 4.98 Å². The van der Waals surface area contributed by atoms with Crippen molar-refractivity contribution < 1.29 is 4.92 Å². The van der Waals surface area contributed by atoms with E-state index in [0.717, 1.165) is 34.5 Å². The number of imidazole rings is 1. The largest absolute Gasteiger partial charge is 0.339 e. The minimum atomic E-state index is -0.411. The first-order valence-electron chi connectivity index (χ1n) is 8.51. The van der Waals surface area contributed by atoms with Crippen molar-refractivity contribution in [2.75, 3.05) is 0 Å². The van der Waals surface area contributed by atoms with Crippen molar-refractivity contribution in [2.24, 2.45) is 0 Å². The number of H-pyrrole nitrogens is 1. The summed E-state index contributed by atoms with van der Waals surface area (Å²) in [4.78, 5) is 18.2. The number of hydrogen-bond donors (Lipinski definition) is 1. The first-order valence-corrected chi connectivity index (χ1v) is 8.92. The van der Waals surface area contributed by atoms with Gasteiger partial charge in [-0.1, -0.05) is 31.2 Å². The van der Waals surface area contributed by atoms with Crippen molar-refractivity contribution in [3.05, 3.63) is 81.4 Å². The first kappa shape index (κ1) is 17.1. The van der Waals surface area contributed by atoms with Gasteiger partial charge in [-0.15, -0.1) is 0 Å². The number of aryl methyl sites for hydroxylation is 1. The Morgan fingerprint density at radius 1 is 1.11 bits per heavy atom. The van der Waals surface area contributed by atoms with Gasteiger partial charge >= 0.3 is 0 Å². The molecule has 0 amide bonds. The summed E-state index contributed by atoms with van der Waals surface area (Å²) in [7, 11) is 0. The third-order valence-electron chi connectivity index (χ3n) is 4.58. The van der Waals surface area contributed by atoms with E-state index < -0.39 is 4.92 Å². The van der Waals surface area contributed by atoms with Crippen molar-refractivity contribution in [3.63, 3.8) is 0 Å². The molecule has 4 aromatic rings. The summed E-state index contributed by atoms with van der Waals surface area (Å²) >= 11 is 5.36. The Balaban J connectivity index is 1.85. The molecular weight excluding hydrogens is 360 g/mol. The Morgan fingerprint density at radius 2 is 1.78 bits per heavy atom. The van der Waals surface area contributed by atoms with Crippen LogP contribution in [0.25, 0.3) is 28.0 Å². The van der Waals surface area contributed by atoms with Crippen LogP contribution in [-0.4, -0.2) is 19.3 Å². The van der Waals surface area contributed by atoms with Crippen LogP contribution in [0.2, 0.25) is 0 Å². The van der Waals surface area contributed by atoms with Crippen LogP contribution in [0.15, 0.2) is 60.9 Å². The van der Waals surface area contributed by atoms with E-state index in [1.165, 1.54) is 17.7 Å². The zero-order valence-electron chi connectivity index (χ0n) is 14.5. The van der Waals surface area contributed by atoms with Gasteiger partial charge in [0.25, 0.3) is 5.69 Å². The highest BCUT2D eigenvalue weighted by atomic mass is 32.1. The van der Waals surface area contributed by atoms with Crippen LogP contribution >= 0.6 is 12.2 Å². The molecule has 6 nitrogen and oxygen atoms in total. The highest BCUT2D eigenvalue weighted by Gasteiger charge is 2.12. The Morgan fingerprint density at radius 3 is 2.41 bits per heavy atom. The quantitative estimate of drug-likeness (QED) is 0.302. The molecule has 2 aromatic carbocycles. The Bertz CT molecular complexity index is 1190. The number of fused-ring (bicyclic) bond motifs is 1. The Hall–Kier alpha value is -3.32. The van der Waals surface area contributed by atoms with E-state index in [-0.39, 0.29) is 5.69 Å². The number of nitrogens with zero attached hydrogens (tertiary/aromatic N) is 3. The van der Waals surface area contributed by atoms with Crippen LogP contribution in [0.5, 0.6) is 0 Å². The molecule has 0 aliphatic heterocycles. The number of nitrogens with one attached hydrogen (secondary N) is 1. The second-order valence-corrected chi connectivity index (χ2v) is 6.56. The molecule has 27 heavy (non-hydrogen) atoms. The highest BCUT2D eigenvalue weighted by Crippen LogP contribution is 2.28. The minimum Gasteiger partial charge on any atom is -0.339 e. The van der Waals surface area contributed by atoms with Crippen molar-refractivity contribution in [3.8, 4) is 22.4 Å². The summed E-state index contributed by atoms with van der Waals surface area (Å²) in [5, 5.41) is 10.9. The lowest BCUT2D eigenvalue weighted by Gasteiger charge is -2.04. The molecule has 0 atom stereocenters. The fourth-order valence-electron chi connectivity index (χ4n) is 3.05. The van der Waals surface area contributed by atoms with Gasteiger partial charge in [-0.2, -0.15) is 0 Å². The van der Waals surface area contributed by atoms with Crippen LogP contribution in [-0.2, 0) is 6.42 Å². The molecule has 134 valence electrons. The van der Waals surface area contributed by atoms with Crippen molar-refractivity contribution in [2.45, 2.75) is 13.3 Å². The summed E-state index contributed by atoms with van der Waals surface area (Å²) in [5.74, 6) is 0. The molecule has 0 fully saturated rings. The molecule has 2 heterocycles. The lowest BCUT2D eigenvalue weighted by atomic mass is 10.1. The molecule has 0 saturated heterocycles. The number of aromatic amines is 1. The standard InChI is InChI=1S/C20H16N4O2S/c1-2-13-3-5-15(6-4-13)18-12-23-19(22-18)17(11-21-20(23)27)14-7-9-16(10-8-14)24(25)26/h3-12,22H,2H2,1H3. The summed E-state index contributed by atoms with van der Waals surface area (Å²) in [6.45, 7) is 2.12. The van der Waals surface area contributed by atoms with Gasteiger partial charge in [-0.05, 0) is 47.5 Å². The van der Waals surface area contributed by atoms with E-state index in [9.17, 15) is 10.1 Å². The second-order valence-electron chi connectivity index (χ2n) is 6.20. The molecule has 7 heteroatoms. The number of nitro benzene ring substituents is 1. The molecule has 2 aromatic heterocycles. The van der Waals surface area contributed by atoms with Crippen LogP contribution in [0.4, 0.5) is 5.69 Å². The number of non-ortho nitro benzene ring substituents is 1. The molecule has 0 spiro atoms. The summed E-state index contributed by atoms with van der Waals surface area (Å²) in [6, 6.07) is 14.8. The molecular formula is C20H16N4O2S. The predicted molar refractivity (Wildman–Crippen MR) is 107 cm³/mol. The normalized spacial score (nSPS) is 11.0. The van der Waals surface area contributed by atoms with Gasteiger partial charge in [0.1, 0.15) is 5.65 Å². The molecule has 4 rings (SSSR count). The Kier molecular flexibility index (Phi) is 4.29. The van der Waals surface area contributed by atoms with E-state index >= 15 is 0 Å². The molecule has 0 radical (unpaired) electrons. The predicted octanol–water partition coefficient (Wildman–Crippen LogP) is 5.20. The molecule has 1 N–H and O–H groups in total. The first-order chi connectivity index (χ1) is 13.1. The van der Waals surface area contributed by atoms with Gasteiger partial charge in [0.2, 0.25) is 4.77 Å². The Labute approximate surface area is 160 Å². The smallest absolute Gasteiger partial charge is 0.269 e. The number of aromatic nitrogens is 3. The van der Waals surface area contributed by atoms with Crippen LogP contribution in [0, 0.1) is 14.9 Å². The average molecular weight is 376 g/mol. The van der Waals surface area contributed by atoms with Gasteiger partial charge in [0.05, 0.1) is 10.6 Å². The minimum absolute atomic E-state index is 0.0543. The number of rotatable bonds is 4. The number of benzene rings is 2. The van der Waals surface area contributed by atoms with Gasteiger partial charge in [0, 0.05) is 30.1 Å². The topological polar surface area (TPSA) is 76.2 Å². The SMILES string of the molecule is CCc1ccc(-c2cn3c(=S)ncc(-c4ccc([N+](=O)[O-])cc4)c3[nH]2)cc1. The van der Waals surface area contributed by atoms with Gasteiger partial charge in [0.15, 0.2) is 0 Å². The fraction of sp³-hybridized carbons (Fsp3) is 0.100.